The number of aryl methyl sites for hydroxylation is 1. The van der Waals surface area contributed by atoms with E-state index in [1.807, 2.05) is 66.7 Å². The highest BCUT2D eigenvalue weighted by molar-refractivity contribution is 5.89. The standard InChI is InChI=1S/C37H53N3O7/c1-22-30-21-40(32(22)35(43)47-37(5,6)7)34(42)25(36(2,3)4)20-31(41)45-29-16-12-14-23(29)13-10-9-11-15-27-33(46-30)39-28-19-24(44-8)17-18-26(28)38-27/h17-19,22-23,25,29-30,32H,9-16,20-21H2,1-8H3/t22-,23-,25-,29-,30+,32+/m1/s1. The number of methoxy groups -OCH3 is 1. The number of fused-ring (bicyclic) bond motifs is 5. The van der Waals surface area contributed by atoms with Gasteiger partial charge in [0.2, 0.25) is 11.8 Å². The van der Waals surface area contributed by atoms with E-state index in [0.29, 0.717) is 29.5 Å². The summed E-state index contributed by atoms with van der Waals surface area (Å²) in [5.41, 5.74) is 0.836. The van der Waals surface area contributed by atoms with Gasteiger partial charge in [-0.2, -0.15) is 0 Å². The Labute approximate surface area is 279 Å². The fourth-order valence-corrected chi connectivity index (χ4v) is 7.33. The van der Waals surface area contributed by atoms with Crippen LogP contribution in [0.15, 0.2) is 18.2 Å². The normalized spacial score (nSPS) is 28.0. The van der Waals surface area contributed by atoms with Crippen LogP contribution in [-0.4, -0.2) is 70.2 Å². The monoisotopic (exact) mass is 651 g/mol. The first-order valence-corrected chi connectivity index (χ1v) is 17.4. The largest absolute Gasteiger partial charge is 0.497 e. The van der Waals surface area contributed by atoms with Crippen molar-refractivity contribution in [2.24, 2.45) is 23.2 Å². The number of hydrogen-bond acceptors (Lipinski definition) is 9. The van der Waals surface area contributed by atoms with Crippen LogP contribution < -0.4 is 9.47 Å². The molecule has 3 aliphatic rings. The number of aromatic nitrogens is 2. The third-order valence-electron chi connectivity index (χ3n) is 9.97. The summed E-state index contributed by atoms with van der Waals surface area (Å²) in [5, 5.41) is 0. The van der Waals surface area contributed by atoms with Crippen molar-refractivity contribution in [2.75, 3.05) is 13.7 Å². The molecule has 1 saturated heterocycles. The van der Waals surface area contributed by atoms with Crippen LogP contribution >= 0.6 is 0 Å². The number of rotatable bonds is 2. The van der Waals surface area contributed by atoms with E-state index in [0.717, 1.165) is 56.2 Å². The van der Waals surface area contributed by atoms with Gasteiger partial charge in [-0.3, -0.25) is 9.59 Å². The Kier molecular flexibility index (Phi) is 10.4. The van der Waals surface area contributed by atoms with Crippen LogP contribution in [0, 0.1) is 23.2 Å². The van der Waals surface area contributed by atoms with Gasteiger partial charge in [0.25, 0.3) is 0 Å². The van der Waals surface area contributed by atoms with Gasteiger partial charge in [0.05, 0.1) is 37.0 Å². The van der Waals surface area contributed by atoms with E-state index in [1.165, 1.54) is 0 Å². The van der Waals surface area contributed by atoms with Crippen LogP contribution in [0.1, 0.15) is 106 Å². The second-order valence-corrected chi connectivity index (χ2v) is 15.8. The van der Waals surface area contributed by atoms with Gasteiger partial charge in [-0.25, -0.2) is 14.8 Å². The summed E-state index contributed by atoms with van der Waals surface area (Å²) in [6.07, 6.45) is 6.83. The molecule has 2 aliphatic heterocycles. The maximum atomic E-state index is 14.5. The van der Waals surface area contributed by atoms with Crippen molar-refractivity contribution in [3.63, 3.8) is 0 Å². The number of hydrogen-bond donors (Lipinski definition) is 0. The van der Waals surface area contributed by atoms with E-state index < -0.39 is 41.0 Å². The molecule has 3 heterocycles. The topological polar surface area (TPSA) is 117 Å². The Bertz CT molecular complexity index is 1460. The van der Waals surface area contributed by atoms with Crippen LogP contribution in [0.3, 0.4) is 0 Å². The molecule has 0 unspecified atom stereocenters. The summed E-state index contributed by atoms with van der Waals surface area (Å²) in [4.78, 5) is 53.3. The van der Waals surface area contributed by atoms with Crippen molar-refractivity contribution in [3.05, 3.63) is 23.9 Å². The molecule has 10 heteroatoms. The molecule has 0 spiro atoms. The molecule has 1 aromatic carbocycles. The number of amides is 1. The van der Waals surface area contributed by atoms with Crippen LogP contribution in [0.2, 0.25) is 0 Å². The minimum absolute atomic E-state index is 0.0505. The number of nitrogens with zero attached hydrogens (tertiary/aromatic N) is 3. The Balaban J connectivity index is 1.55. The highest BCUT2D eigenvalue weighted by atomic mass is 16.6. The molecule has 1 saturated carbocycles. The highest BCUT2D eigenvalue weighted by Crippen LogP contribution is 2.39. The minimum Gasteiger partial charge on any atom is -0.497 e. The van der Waals surface area contributed by atoms with Crippen LogP contribution in [-0.2, 0) is 30.3 Å². The van der Waals surface area contributed by atoms with Crippen molar-refractivity contribution in [1.82, 2.24) is 14.9 Å². The Morgan fingerprint density at radius 2 is 1.66 bits per heavy atom. The van der Waals surface area contributed by atoms with Crippen LogP contribution in [0.5, 0.6) is 11.6 Å². The smallest absolute Gasteiger partial charge is 0.329 e. The molecule has 1 aliphatic carbocycles. The Morgan fingerprint density at radius 3 is 2.36 bits per heavy atom. The molecule has 2 bridgehead atoms. The Morgan fingerprint density at radius 1 is 0.915 bits per heavy atom. The summed E-state index contributed by atoms with van der Waals surface area (Å²) in [6.45, 7) is 13.4. The summed E-state index contributed by atoms with van der Waals surface area (Å²) >= 11 is 0. The maximum Gasteiger partial charge on any atom is 0.329 e. The molecule has 47 heavy (non-hydrogen) atoms. The second kappa shape index (κ2) is 14.0. The van der Waals surface area contributed by atoms with E-state index in [4.69, 9.17) is 28.9 Å². The molecular weight excluding hydrogens is 598 g/mol. The zero-order valence-corrected chi connectivity index (χ0v) is 29.5. The van der Waals surface area contributed by atoms with Crippen LogP contribution in [0.4, 0.5) is 0 Å². The molecule has 0 radical (unpaired) electrons. The van der Waals surface area contributed by atoms with E-state index in [2.05, 4.69) is 0 Å². The quantitative estimate of drug-likeness (QED) is 0.338. The average molecular weight is 652 g/mol. The van der Waals surface area contributed by atoms with Gasteiger partial charge < -0.3 is 23.8 Å². The number of esters is 2. The van der Waals surface area contributed by atoms with Gasteiger partial charge in [0.1, 0.15) is 35.3 Å². The molecule has 6 atom stereocenters. The fourth-order valence-electron chi connectivity index (χ4n) is 7.33. The molecule has 1 amide bonds. The molecule has 10 nitrogen and oxygen atoms in total. The molecule has 5 rings (SSSR count). The predicted octanol–water partition coefficient (Wildman–Crippen LogP) is 6.46. The minimum atomic E-state index is -0.897. The lowest BCUT2D eigenvalue weighted by Gasteiger charge is -2.35. The van der Waals surface area contributed by atoms with Gasteiger partial charge in [-0.15, -0.1) is 0 Å². The van der Waals surface area contributed by atoms with Gasteiger partial charge in [-0.1, -0.05) is 40.5 Å². The van der Waals surface area contributed by atoms with Crippen molar-refractivity contribution >= 4 is 28.9 Å². The predicted molar refractivity (Wildman–Crippen MR) is 178 cm³/mol. The van der Waals surface area contributed by atoms with Gasteiger partial charge >= 0.3 is 11.9 Å². The third kappa shape index (κ3) is 8.18. The SMILES string of the molecule is COc1ccc2nc3c(nc2c1)O[C@H]1CN(C(=O)[C@H](C(C)(C)C)CC(=O)O[C@@H]2CCC[C@H]2CCCCC3)[C@H](C(=O)OC(C)(C)C)[C@@H]1C. The summed E-state index contributed by atoms with van der Waals surface area (Å²) < 4.78 is 24.1. The van der Waals surface area contributed by atoms with Crippen molar-refractivity contribution < 1.29 is 33.3 Å². The molecule has 1 aromatic heterocycles. The Hall–Kier alpha value is -3.43. The van der Waals surface area contributed by atoms with Crippen molar-refractivity contribution in [1.29, 1.82) is 0 Å². The van der Waals surface area contributed by atoms with E-state index >= 15 is 0 Å². The van der Waals surface area contributed by atoms with Gasteiger partial charge in [0.15, 0.2) is 0 Å². The first-order chi connectivity index (χ1) is 22.1. The molecule has 0 N–H and O–H groups in total. The average Bonchev–Trinajstić information content (AvgIpc) is 3.56. The van der Waals surface area contributed by atoms with E-state index in [1.54, 1.807) is 12.0 Å². The molecule has 258 valence electrons. The van der Waals surface area contributed by atoms with Crippen LogP contribution in [0.25, 0.3) is 11.0 Å². The first kappa shape index (κ1) is 34.9. The van der Waals surface area contributed by atoms with E-state index in [9.17, 15) is 14.4 Å². The lowest BCUT2D eigenvalue weighted by atomic mass is 9.77. The molecule has 2 aromatic rings. The number of ether oxygens (including phenoxy) is 4. The number of benzene rings is 1. The number of carbonyl (C=O) groups is 3. The lowest BCUT2D eigenvalue weighted by molar-refractivity contribution is -0.167. The zero-order valence-electron chi connectivity index (χ0n) is 29.5. The third-order valence-corrected chi connectivity index (χ3v) is 9.97. The summed E-state index contributed by atoms with van der Waals surface area (Å²) in [5.74, 6) is -0.834. The van der Waals surface area contributed by atoms with Gasteiger partial charge in [-0.05, 0) is 82.8 Å². The fraction of sp³-hybridized carbons (Fsp3) is 0.703. The second-order valence-electron chi connectivity index (χ2n) is 15.8. The molecule has 2 fully saturated rings. The summed E-state index contributed by atoms with van der Waals surface area (Å²) in [7, 11) is 1.61. The van der Waals surface area contributed by atoms with Crippen molar-refractivity contribution in [3.8, 4) is 11.6 Å². The lowest BCUT2D eigenvalue weighted by Crippen LogP contribution is -2.50. The van der Waals surface area contributed by atoms with Gasteiger partial charge in [0, 0.05) is 12.0 Å². The number of carbonyl (C=O) groups excluding carboxylic acids is 3. The highest BCUT2D eigenvalue weighted by Gasteiger charge is 2.51. The summed E-state index contributed by atoms with van der Waals surface area (Å²) in [6, 6.07) is 4.71. The zero-order chi connectivity index (χ0) is 34.1. The van der Waals surface area contributed by atoms with Crippen molar-refractivity contribution in [2.45, 2.75) is 130 Å². The molecular formula is C37H53N3O7. The van der Waals surface area contributed by atoms with E-state index in [-0.39, 0.29) is 30.9 Å². The maximum absolute atomic E-state index is 14.5. The first-order valence-electron chi connectivity index (χ1n) is 17.4.